The van der Waals surface area contributed by atoms with Crippen molar-refractivity contribution < 1.29 is 4.79 Å². The molecule has 2 N–H and O–H groups in total. The number of amides is 1. The fourth-order valence-electron chi connectivity index (χ4n) is 2.79. The SMILES string of the molecule is CCN1CC=C(c2c[nH]c3cc(NC=O)ccc23)CC1. The number of hydrogen-bond donors (Lipinski definition) is 2. The Balaban J connectivity index is 1.93. The van der Waals surface area contributed by atoms with Gasteiger partial charge in [0.05, 0.1) is 0 Å². The van der Waals surface area contributed by atoms with Gasteiger partial charge < -0.3 is 10.3 Å². The first-order chi connectivity index (χ1) is 9.81. The van der Waals surface area contributed by atoms with Crippen LogP contribution in [0.1, 0.15) is 18.9 Å². The van der Waals surface area contributed by atoms with Gasteiger partial charge in [0, 0.05) is 41.4 Å². The minimum Gasteiger partial charge on any atom is -0.360 e. The Morgan fingerprint density at radius 1 is 1.45 bits per heavy atom. The molecule has 1 aliphatic heterocycles. The third-order valence-corrected chi connectivity index (χ3v) is 3.99. The van der Waals surface area contributed by atoms with Crippen molar-refractivity contribution in [2.24, 2.45) is 0 Å². The molecule has 104 valence electrons. The van der Waals surface area contributed by atoms with E-state index < -0.39 is 0 Å². The zero-order chi connectivity index (χ0) is 13.9. The summed E-state index contributed by atoms with van der Waals surface area (Å²) in [4.78, 5) is 16.2. The molecule has 2 aromatic rings. The number of aromatic amines is 1. The second-order valence-corrected chi connectivity index (χ2v) is 5.10. The van der Waals surface area contributed by atoms with Crippen molar-refractivity contribution in [2.75, 3.05) is 25.0 Å². The van der Waals surface area contributed by atoms with Gasteiger partial charge in [0.2, 0.25) is 6.41 Å². The Morgan fingerprint density at radius 2 is 2.35 bits per heavy atom. The summed E-state index contributed by atoms with van der Waals surface area (Å²) < 4.78 is 0. The van der Waals surface area contributed by atoms with Crippen LogP contribution in [0.4, 0.5) is 5.69 Å². The van der Waals surface area contributed by atoms with Gasteiger partial charge in [-0.1, -0.05) is 19.1 Å². The molecule has 0 unspecified atom stereocenters. The Labute approximate surface area is 118 Å². The highest BCUT2D eigenvalue weighted by Gasteiger charge is 2.14. The summed E-state index contributed by atoms with van der Waals surface area (Å²) >= 11 is 0. The average Bonchev–Trinajstić information content (AvgIpc) is 2.91. The van der Waals surface area contributed by atoms with E-state index in [1.807, 2.05) is 12.1 Å². The largest absolute Gasteiger partial charge is 0.360 e. The van der Waals surface area contributed by atoms with Gasteiger partial charge in [-0.25, -0.2) is 0 Å². The number of benzene rings is 1. The van der Waals surface area contributed by atoms with Crippen LogP contribution >= 0.6 is 0 Å². The van der Waals surface area contributed by atoms with E-state index in [0.29, 0.717) is 6.41 Å². The highest BCUT2D eigenvalue weighted by molar-refractivity contribution is 5.95. The molecule has 0 radical (unpaired) electrons. The lowest BCUT2D eigenvalue weighted by Crippen LogP contribution is -2.27. The lowest BCUT2D eigenvalue weighted by atomic mass is 9.99. The van der Waals surface area contributed by atoms with Crippen molar-refractivity contribution >= 4 is 28.6 Å². The quantitative estimate of drug-likeness (QED) is 0.838. The molecule has 20 heavy (non-hydrogen) atoms. The number of aromatic nitrogens is 1. The number of fused-ring (bicyclic) bond motifs is 1. The van der Waals surface area contributed by atoms with Crippen LogP contribution in [0.15, 0.2) is 30.5 Å². The molecule has 0 bridgehead atoms. The average molecular weight is 269 g/mol. The fourth-order valence-corrected chi connectivity index (χ4v) is 2.79. The normalized spacial score (nSPS) is 16.1. The number of rotatable bonds is 4. The smallest absolute Gasteiger partial charge is 0.211 e. The third-order valence-electron chi connectivity index (χ3n) is 3.99. The van der Waals surface area contributed by atoms with Crippen molar-refractivity contribution in [3.05, 3.63) is 36.0 Å². The van der Waals surface area contributed by atoms with Crippen molar-refractivity contribution in [3.8, 4) is 0 Å². The first-order valence-electron chi connectivity index (χ1n) is 7.05. The predicted octanol–water partition coefficient (Wildman–Crippen LogP) is 2.85. The zero-order valence-electron chi connectivity index (χ0n) is 11.6. The van der Waals surface area contributed by atoms with Crippen molar-refractivity contribution in [1.82, 2.24) is 9.88 Å². The molecule has 0 atom stereocenters. The maximum absolute atomic E-state index is 10.5. The second kappa shape index (κ2) is 5.51. The summed E-state index contributed by atoms with van der Waals surface area (Å²) in [5.41, 5.74) is 4.58. The molecule has 1 aliphatic rings. The number of hydrogen-bond acceptors (Lipinski definition) is 2. The topological polar surface area (TPSA) is 48.1 Å². The Kier molecular flexibility index (Phi) is 3.56. The van der Waals surface area contributed by atoms with Crippen LogP contribution in [-0.2, 0) is 4.79 Å². The lowest BCUT2D eigenvalue weighted by molar-refractivity contribution is -0.105. The number of nitrogens with one attached hydrogen (secondary N) is 2. The van der Waals surface area contributed by atoms with Crippen LogP contribution in [0, 0.1) is 0 Å². The van der Waals surface area contributed by atoms with Crippen LogP contribution in [-0.4, -0.2) is 35.9 Å². The molecular formula is C16H19N3O. The van der Waals surface area contributed by atoms with Crippen LogP contribution in [0.2, 0.25) is 0 Å². The number of nitrogens with zero attached hydrogens (tertiary/aromatic N) is 1. The standard InChI is InChI=1S/C16H19N3O/c1-2-19-7-5-12(6-8-19)15-10-17-16-9-13(18-11-20)3-4-14(15)16/h3-5,9-11,17H,2,6-8H2,1H3,(H,18,20). The predicted molar refractivity (Wildman–Crippen MR) is 82.7 cm³/mol. The molecule has 0 saturated carbocycles. The van der Waals surface area contributed by atoms with E-state index in [-0.39, 0.29) is 0 Å². The summed E-state index contributed by atoms with van der Waals surface area (Å²) in [7, 11) is 0. The van der Waals surface area contributed by atoms with Crippen LogP contribution in [0.25, 0.3) is 16.5 Å². The molecule has 0 spiro atoms. The Bertz CT molecular complexity index is 657. The number of carbonyl (C=O) groups is 1. The highest BCUT2D eigenvalue weighted by Crippen LogP contribution is 2.30. The van der Waals surface area contributed by atoms with E-state index in [9.17, 15) is 4.79 Å². The molecule has 1 amide bonds. The summed E-state index contributed by atoms with van der Waals surface area (Å²) in [5.74, 6) is 0. The van der Waals surface area contributed by atoms with E-state index in [2.05, 4.69) is 40.5 Å². The maximum atomic E-state index is 10.5. The monoisotopic (exact) mass is 269 g/mol. The van der Waals surface area contributed by atoms with Gasteiger partial charge in [-0.05, 0) is 30.7 Å². The molecule has 0 fully saturated rings. The highest BCUT2D eigenvalue weighted by atomic mass is 16.1. The van der Waals surface area contributed by atoms with Gasteiger partial charge >= 0.3 is 0 Å². The van der Waals surface area contributed by atoms with E-state index in [4.69, 9.17) is 0 Å². The summed E-state index contributed by atoms with van der Waals surface area (Å²) in [5, 5.41) is 3.90. The van der Waals surface area contributed by atoms with Gasteiger partial charge in [-0.15, -0.1) is 0 Å². The van der Waals surface area contributed by atoms with E-state index in [1.54, 1.807) is 0 Å². The molecule has 4 nitrogen and oxygen atoms in total. The third kappa shape index (κ3) is 2.34. The number of anilines is 1. The molecular weight excluding hydrogens is 250 g/mol. The van der Waals surface area contributed by atoms with E-state index in [0.717, 1.165) is 37.3 Å². The number of carbonyl (C=O) groups excluding carboxylic acids is 1. The van der Waals surface area contributed by atoms with E-state index in [1.165, 1.54) is 16.5 Å². The van der Waals surface area contributed by atoms with E-state index >= 15 is 0 Å². The van der Waals surface area contributed by atoms with Crippen LogP contribution in [0.3, 0.4) is 0 Å². The Hall–Kier alpha value is -2.07. The molecule has 1 aromatic carbocycles. The summed E-state index contributed by atoms with van der Waals surface area (Å²) in [6.07, 6.45) is 6.19. The number of likely N-dealkylation sites (N-methyl/N-ethyl adjacent to an activating group) is 1. The molecule has 1 aromatic heterocycles. The molecule has 0 aliphatic carbocycles. The summed E-state index contributed by atoms with van der Waals surface area (Å²) in [6, 6.07) is 5.98. The lowest BCUT2D eigenvalue weighted by Gasteiger charge is -2.24. The molecule has 3 rings (SSSR count). The minimum atomic E-state index is 0.702. The first-order valence-corrected chi connectivity index (χ1v) is 7.05. The van der Waals surface area contributed by atoms with Crippen molar-refractivity contribution in [2.45, 2.75) is 13.3 Å². The molecule has 4 heteroatoms. The van der Waals surface area contributed by atoms with Gasteiger partial charge in [-0.3, -0.25) is 9.69 Å². The van der Waals surface area contributed by atoms with Crippen LogP contribution < -0.4 is 5.32 Å². The molecule has 0 saturated heterocycles. The zero-order valence-corrected chi connectivity index (χ0v) is 11.6. The number of H-pyrrole nitrogens is 1. The van der Waals surface area contributed by atoms with Crippen LogP contribution in [0.5, 0.6) is 0 Å². The van der Waals surface area contributed by atoms with Gasteiger partial charge in [0.25, 0.3) is 0 Å². The minimum absolute atomic E-state index is 0.702. The fraction of sp³-hybridized carbons (Fsp3) is 0.312. The van der Waals surface area contributed by atoms with Crippen molar-refractivity contribution in [3.63, 3.8) is 0 Å². The second-order valence-electron chi connectivity index (χ2n) is 5.10. The van der Waals surface area contributed by atoms with Gasteiger partial charge in [-0.2, -0.15) is 0 Å². The van der Waals surface area contributed by atoms with Gasteiger partial charge in [0.15, 0.2) is 0 Å². The van der Waals surface area contributed by atoms with Gasteiger partial charge in [0.1, 0.15) is 0 Å². The molecule has 2 heterocycles. The Morgan fingerprint density at radius 3 is 3.05 bits per heavy atom. The maximum Gasteiger partial charge on any atom is 0.211 e. The van der Waals surface area contributed by atoms with Crippen molar-refractivity contribution in [1.29, 1.82) is 0 Å². The summed E-state index contributed by atoms with van der Waals surface area (Å²) in [6.45, 7) is 5.47. The first kappa shape index (κ1) is 12.9.